The molecule has 1 aromatic heterocycles. The van der Waals surface area contributed by atoms with Crippen molar-refractivity contribution in [3.8, 4) is 0 Å². The summed E-state index contributed by atoms with van der Waals surface area (Å²) in [6, 6.07) is 0. The van der Waals surface area contributed by atoms with E-state index in [0.29, 0.717) is 18.1 Å². The Hall–Kier alpha value is -1.43. The number of nitrogens with one attached hydrogen (secondary N) is 1. The third-order valence-corrected chi connectivity index (χ3v) is 1.59. The van der Waals surface area contributed by atoms with Gasteiger partial charge in [-0.05, 0) is 11.6 Å². The van der Waals surface area contributed by atoms with Crippen molar-refractivity contribution in [2.24, 2.45) is 5.73 Å². The quantitative estimate of drug-likeness (QED) is 0.616. The van der Waals surface area contributed by atoms with E-state index in [2.05, 4.69) is 10.6 Å². The van der Waals surface area contributed by atoms with E-state index in [1.807, 2.05) is 6.92 Å². The van der Waals surface area contributed by atoms with Crippen molar-refractivity contribution in [1.82, 2.24) is 5.27 Å². The van der Waals surface area contributed by atoms with Crippen LogP contribution in [0.4, 0.5) is 5.88 Å². The molecule has 0 radical (unpaired) electrons. The highest BCUT2D eigenvalue weighted by molar-refractivity contribution is 5.87. The Balaban J connectivity index is 2.93. The van der Waals surface area contributed by atoms with Crippen molar-refractivity contribution in [3.63, 3.8) is 0 Å². The summed E-state index contributed by atoms with van der Waals surface area (Å²) in [5.74, 6) is 0.131. The smallest absolute Gasteiger partial charge is 0.306 e. The lowest BCUT2D eigenvalue weighted by Crippen LogP contribution is -2.39. The van der Waals surface area contributed by atoms with Gasteiger partial charge in [-0.25, -0.2) is 0 Å². The number of amides is 1. The van der Waals surface area contributed by atoms with Crippen LogP contribution in [0.5, 0.6) is 0 Å². The van der Waals surface area contributed by atoms with Crippen LogP contribution < -0.4 is 15.7 Å². The Morgan fingerprint density at radius 2 is 2.46 bits per heavy atom. The molecule has 1 rings (SSSR count). The minimum Gasteiger partial charge on any atom is -0.321 e. The number of nitrogens with zero attached hydrogens (tertiary/aromatic N) is 2. The number of hydrogen-bond acceptors (Lipinski definition) is 4. The Kier molecular flexibility index (Phi) is 2.97. The Labute approximate surface area is 75.7 Å². The Morgan fingerprint density at radius 3 is 2.92 bits per heavy atom. The molecule has 0 saturated heterocycles. The Bertz CT molecular complexity index is 307. The van der Waals surface area contributed by atoms with Gasteiger partial charge < -0.3 is 5.73 Å². The lowest BCUT2D eigenvalue weighted by molar-refractivity contribution is -0.765. The van der Waals surface area contributed by atoms with Gasteiger partial charge >= 0.3 is 5.88 Å². The van der Waals surface area contributed by atoms with Crippen LogP contribution >= 0.6 is 0 Å². The van der Waals surface area contributed by atoms with Gasteiger partial charge in [0.05, 0.1) is 6.54 Å². The van der Waals surface area contributed by atoms with Crippen molar-refractivity contribution in [3.05, 3.63) is 5.69 Å². The van der Waals surface area contributed by atoms with E-state index in [4.69, 9.17) is 10.3 Å². The van der Waals surface area contributed by atoms with Crippen molar-refractivity contribution >= 4 is 11.8 Å². The minimum atomic E-state index is -0.200. The molecule has 0 aromatic carbocycles. The van der Waals surface area contributed by atoms with Crippen LogP contribution in [0.25, 0.3) is 0 Å². The second-order valence-corrected chi connectivity index (χ2v) is 2.55. The van der Waals surface area contributed by atoms with Crippen molar-refractivity contribution < 1.29 is 14.0 Å². The second-order valence-electron chi connectivity index (χ2n) is 2.55. The molecule has 0 bridgehead atoms. The molecule has 13 heavy (non-hydrogen) atoms. The summed E-state index contributed by atoms with van der Waals surface area (Å²) in [4.78, 5) is 10.7. The van der Waals surface area contributed by atoms with Crippen LogP contribution in [0.15, 0.2) is 4.52 Å². The summed E-state index contributed by atoms with van der Waals surface area (Å²) < 4.78 is 6.49. The summed E-state index contributed by atoms with van der Waals surface area (Å²) in [6.45, 7) is 4.26. The molecule has 0 aliphatic rings. The molecule has 0 spiro atoms. The average molecular weight is 185 g/mol. The Morgan fingerprint density at radius 1 is 1.77 bits per heavy atom. The lowest BCUT2D eigenvalue weighted by Gasteiger charge is -1.92. The van der Waals surface area contributed by atoms with Gasteiger partial charge in [-0.1, -0.05) is 0 Å². The second kappa shape index (κ2) is 3.99. The maximum atomic E-state index is 10.7. The number of carbonyl (C=O) groups excluding carboxylic acids is 1. The molecule has 0 unspecified atom stereocenters. The average Bonchev–Trinajstić information content (AvgIpc) is 2.45. The van der Waals surface area contributed by atoms with Crippen LogP contribution in [0.3, 0.4) is 0 Å². The molecule has 6 heteroatoms. The number of nitrogens with two attached hydrogens (primary N) is 1. The van der Waals surface area contributed by atoms with Gasteiger partial charge in [-0.3, -0.25) is 14.6 Å². The zero-order valence-corrected chi connectivity index (χ0v) is 7.70. The number of anilines is 1. The van der Waals surface area contributed by atoms with E-state index < -0.39 is 0 Å². The highest BCUT2D eigenvalue weighted by Crippen LogP contribution is 2.08. The van der Waals surface area contributed by atoms with Crippen molar-refractivity contribution in [2.75, 3.05) is 5.32 Å². The zero-order chi connectivity index (χ0) is 9.84. The topological polar surface area (TPSA) is 85.0 Å². The molecule has 1 aromatic rings. The van der Waals surface area contributed by atoms with E-state index in [1.165, 1.54) is 6.92 Å². The summed E-state index contributed by atoms with van der Waals surface area (Å²) in [6.07, 6.45) is 0. The summed E-state index contributed by atoms with van der Waals surface area (Å²) in [5.41, 5.74) is 6.17. The van der Waals surface area contributed by atoms with E-state index >= 15 is 0 Å². The SMILES string of the molecule is CC[n+]1noc(NC(C)=O)c1CN. The van der Waals surface area contributed by atoms with E-state index in [0.717, 1.165) is 0 Å². The first-order valence-electron chi connectivity index (χ1n) is 4.05. The van der Waals surface area contributed by atoms with Gasteiger partial charge in [-0.15, -0.1) is 0 Å². The minimum absolute atomic E-state index is 0.200. The normalized spacial score (nSPS) is 10.1. The fourth-order valence-electron chi connectivity index (χ4n) is 1.01. The van der Waals surface area contributed by atoms with E-state index in [-0.39, 0.29) is 12.5 Å². The highest BCUT2D eigenvalue weighted by Gasteiger charge is 2.21. The first-order valence-corrected chi connectivity index (χ1v) is 4.05. The van der Waals surface area contributed by atoms with Crippen LogP contribution in [0.2, 0.25) is 0 Å². The maximum absolute atomic E-state index is 10.7. The lowest BCUT2D eigenvalue weighted by atomic mass is 10.4. The van der Waals surface area contributed by atoms with Crippen molar-refractivity contribution in [1.29, 1.82) is 0 Å². The molecule has 0 saturated carbocycles. The number of aryl methyl sites for hydroxylation is 1. The number of hydrogen-bond donors (Lipinski definition) is 2. The molecule has 1 heterocycles. The summed E-state index contributed by atoms with van der Waals surface area (Å²) >= 11 is 0. The third-order valence-electron chi connectivity index (χ3n) is 1.59. The molecular formula is C7H13N4O2+. The highest BCUT2D eigenvalue weighted by atomic mass is 16.5. The van der Waals surface area contributed by atoms with E-state index in [9.17, 15) is 4.79 Å². The predicted molar refractivity (Wildman–Crippen MR) is 44.6 cm³/mol. The van der Waals surface area contributed by atoms with E-state index in [1.54, 1.807) is 4.68 Å². The van der Waals surface area contributed by atoms with Gasteiger partial charge in [0.2, 0.25) is 11.2 Å². The first kappa shape index (κ1) is 9.66. The monoisotopic (exact) mass is 185 g/mol. The van der Waals surface area contributed by atoms with Crippen molar-refractivity contribution in [2.45, 2.75) is 26.9 Å². The molecule has 0 aliphatic heterocycles. The molecular weight excluding hydrogens is 172 g/mol. The molecule has 0 fully saturated rings. The van der Waals surface area contributed by atoms with Gasteiger partial charge in [0.25, 0.3) is 5.69 Å². The van der Waals surface area contributed by atoms with Gasteiger partial charge in [0, 0.05) is 6.92 Å². The van der Waals surface area contributed by atoms with Crippen LogP contribution in [0, 0.1) is 0 Å². The molecule has 6 nitrogen and oxygen atoms in total. The summed E-state index contributed by atoms with van der Waals surface area (Å²) in [7, 11) is 0. The first-order chi connectivity index (χ1) is 6.19. The standard InChI is InChI=1S/C7H12N4O2/c1-3-11-6(4-8)7(13-10-11)9-5(2)12/h3-4,8H2,1-2H3/p+1. The van der Waals surface area contributed by atoms with Crippen LogP contribution in [-0.4, -0.2) is 11.2 Å². The molecule has 1 amide bonds. The van der Waals surface area contributed by atoms with Crippen LogP contribution in [0.1, 0.15) is 19.5 Å². The molecule has 72 valence electrons. The zero-order valence-electron chi connectivity index (χ0n) is 7.70. The third kappa shape index (κ3) is 2.03. The predicted octanol–water partition coefficient (Wildman–Crippen LogP) is -0.601. The number of rotatable bonds is 3. The van der Waals surface area contributed by atoms with Gasteiger partial charge in [0.1, 0.15) is 0 Å². The molecule has 0 atom stereocenters. The fourth-order valence-corrected chi connectivity index (χ4v) is 1.01. The number of aromatic nitrogens is 2. The summed E-state index contributed by atoms with van der Waals surface area (Å²) in [5, 5.41) is 6.22. The van der Waals surface area contributed by atoms with Crippen LogP contribution in [-0.2, 0) is 17.9 Å². The fraction of sp³-hybridized carbons (Fsp3) is 0.571. The largest absolute Gasteiger partial charge is 0.321 e. The van der Waals surface area contributed by atoms with Gasteiger partial charge in [0.15, 0.2) is 6.54 Å². The molecule has 3 N–H and O–H groups in total. The van der Waals surface area contributed by atoms with Gasteiger partial charge in [-0.2, -0.15) is 0 Å². The maximum Gasteiger partial charge on any atom is 0.306 e. The number of carbonyl (C=O) groups is 1. The molecule has 0 aliphatic carbocycles.